The van der Waals surface area contributed by atoms with E-state index < -0.39 is 19.1 Å². The first-order valence-electron chi connectivity index (χ1n) is 4.80. The van der Waals surface area contributed by atoms with Crippen LogP contribution in [-0.4, -0.2) is 24.7 Å². The smallest absolute Gasteiger partial charge is 0.261 e. The van der Waals surface area contributed by atoms with Crippen LogP contribution in [0.15, 0.2) is 9.85 Å². The predicted molar refractivity (Wildman–Crippen MR) is 63.2 cm³/mol. The Labute approximate surface area is 105 Å². The minimum Gasteiger partial charge on any atom is -0.388 e. The molecule has 0 fully saturated rings. The van der Waals surface area contributed by atoms with E-state index in [9.17, 15) is 13.9 Å². The Morgan fingerprint density at radius 1 is 1.56 bits per heavy atom. The number of aryl methyl sites for hydroxylation is 1. The predicted octanol–water partition coefficient (Wildman–Crippen LogP) is 3.52. The molecule has 0 aliphatic heterocycles. The van der Waals surface area contributed by atoms with Crippen molar-refractivity contribution in [1.82, 2.24) is 0 Å². The fourth-order valence-corrected chi connectivity index (χ4v) is 3.08. The van der Waals surface area contributed by atoms with Crippen LogP contribution >= 0.6 is 27.3 Å². The molecule has 0 amide bonds. The topological polar surface area (TPSA) is 29.5 Å². The SMILES string of the molecule is Cc1sc(Br)cc1C(O)CCOCC(F)F. The molecule has 0 aliphatic carbocycles. The van der Waals surface area contributed by atoms with Gasteiger partial charge in [0.1, 0.15) is 6.61 Å². The monoisotopic (exact) mass is 314 g/mol. The molecule has 0 spiro atoms. The first-order valence-corrected chi connectivity index (χ1v) is 6.41. The Balaban J connectivity index is 2.35. The molecule has 2 nitrogen and oxygen atoms in total. The lowest BCUT2D eigenvalue weighted by Gasteiger charge is -2.10. The van der Waals surface area contributed by atoms with Crippen LogP contribution in [0.2, 0.25) is 0 Å². The molecule has 1 aromatic heterocycles. The van der Waals surface area contributed by atoms with Crippen molar-refractivity contribution in [2.45, 2.75) is 25.9 Å². The van der Waals surface area contributed by atoms with E-state index in [0.717, 1.165) is 14.2 Å². The highest BCUT2D eigenvalue weighted by atomic mass is 79.9. The van der Waals surface area contributed by atoms with Crippen molar-refractivity contribution in [3.63, 3.8) is 0 Å². The van der Waals surface area contributed by atoms with Gasteiger partial charge in [-0.15, -0.1) is 11.3 Å². The number of rotatable bonds is 6. The molecule has 16 heavy (non-hydrogen) atoms. The molecule has 1 atom stereocenters. The molecule has 0 aliphatic rings. The number of halogens is 3. The van der Waals surface area contributed by atoms with Crippen molar-refractivity contribution in [2.75, 3.05) is 13.2 Å². The van der Waals surface area contributed by atoms with Crippen LogP contribution < -0.4 is 0 Å². The third kappa shape index (κ3) is 4.45. The van der Waals surface area contributed by atoms with E-state index in [-0.39, 0.29) is 6.61 Å². The minimum absolute atomic E-state index is 0.137. The Morgan fingerprint density at radius 2 is 2.25 bits per heavy atom. The average molecular weight is 315 g/mol. The summed E-state index contributed by atoms with van der Waals surface area (Å²) in [7, 11) is 0. The van der Waals surface area contributed by atoms with E-state index in [4.69, 9.17) is 4.74 Å². The maximum absolute atomic E-state index is 11.8. The fraction of sp³-hybridized carbons (Fsp3) is 0.600. The lowest BCUT2D eigenvalue weighted by Crippen LogP contribution is -2.08. The van der Waals surface area contributed by atoms with Crippen LogP contribution in [-0.2, 0) is 4.74 Å². The normalized spacial score (nSPS) is 13.4. The second-order valence-electron chi connectivity index (χ2n) is 3.33. The number of thiophene rings is 1. The number of hydrogen-bond donors (Lipinski definition) is 1. The van der Waals surface area contributed by atoms with Crippen LogP contribution in [0.3, 0.4) is 0 Å². The number of ether oxygens (including phenoxy) is 1. The summed E-state index contributed by atoms with van der Waals surface area (Å²) in [5, 5.41) is 9.80. The van der Waals surface area contributed by atoms with Gasteiger partial charge in [0.05, 0.1) is 9.89 Å². The molecule has 0 saturated heterocycles. The summed E-state index contributed by atoms with van der Waals surface area (Å²) >= 11 is 4.87. The molecule has 1 N–H and O–H groups in total. The second kappa shape index (κ2) is 6.64. The molecule has 1 heterocycles. The van der Waals surface area contributed by atoms with Crippen LogP contribution in [0.4, 0.5) is 8.78 Å². The average Bonchev–Trinajstić information content (AvgIpc) is 2.52. The fourth-order valence-electron chi connectivity index (χ4n) is 1.31. The van der Waals surface area contributed by atoms with Gasteiger partial charge >= 0.3 is 0 Å². The maximum atomic E-state index is 11.8. The third-order valence-electron chi connectivity index (χ3n) is 2.06. The Kier molecular flexibility index (Phi) is 5.82. The summed E-state index contributed by atoms with van der Waals surface area (Å²) in [6.45, 7) is 1.48. The lowest BCUT2D eigenvalue weighted by atomic mass is 10.1. The van der Waals surface area contributed by atoms with Crippen molar-refractivity contribution in [1.29, 1.82) is 0 Å². The number of aliphatic hydroxyl groups excluding tert-OH is 1. The van der Waals surface area contributed by atoms with Gasteiger partial charge in [-0.1, -0.05) is 0 Å². The number of aliphatic hydroxyl groups is 1. The molecule has 6 heteroatoms. The largest absolute Gasteiger partial charge is 0.388 e. The molecule has 0 aromatic carbocycles. The van der Waals surface area contributed by atoms with Crippen LogP contribution in [0.25, 0.3) is 0 Å². The molecule has 0 bridgehead atoms. The molecule has 1 aromatic rings. The van der Waals surface area contributed by atoms with Crippen molar-refractivity contribution in [2.24, 2.45) is 0 Å². The van der Waals surface area contributed by atoms with Gasteiger partial charge < -0.3 is 9.84 Å². The van der Waals surface area contributed by atoms with Gasteiger partial charge in [0, 0.05) is 17.9 Å². The van der Waals surface area contributed by atoms with Crippen LogP contribution in [0.5, 0.6) is 0 Å². The van der Waals surface area contributed by atoms with Gasteiger partial charge in [0.15, 0.2) is 0 Å². The molecule has 1 rings (SSSR count). The van der Waals surface area contributed by atoms with Gasteiger partial charge in [-0.3, -0.25) is 0 Å². The summed E-state index contributed by atoms with van der Waals surface area (Å²) in [5.74, 6) is 0. The second-order valence-corrected chi connectivity index (χ2v) is 5.97. The van der Waals surface area contributed by atoms with Gasteiger partial charge in [-0.25, -0.2) is 8.78 Å². The molecular formula is C10H13BrF2O2S. The summed E-state index contributed by atoms with van der Waals surface area (Å²) in [6.07, 6.45) is -2.77. The highest BCUT2D eigenvalue weighted by Crippen LogP contribution is 2.31. The molecule has 0 radical (unpaired) electrons. The van der Waals surface area contributed by atoms with Gasteiger partial charge in [0.2, 0.25) is 0 Å². The maximum Gasteiger partial charge on any atom is 0.261 e. The highest BCUT2D eigenvalue weighted by Gasteiger charge is 2.13. The van der Waals surface area contributed by atoms with Gasteiger partial charge in [-0.05, 0) is 34.5 Å². The molecule has 92 valence electrons. The highest BCUT2D eigenvalue weighted by molar-refractivity contribution is 9.11. The van der Waals surface area contributed by atoms with Gasteiger partial charge in [-0.2, -0.15) is 0 Å². The molecule has 1 unspecified atom stereocenters. The standard InChI is InChI=1S/C10H13BrF2O2S/c1-6-7(4-9(11)16-6)8(14)2-3-15-5-10(12)13/h4,8,10,14H,2-3,5H2,1H3. The van der Waals surface area contributed by atoms with Crippen LogP contribution in [0, 0.1) is 6.92 Å². The number of hydrogen-bond acceptors (Lipinski definition) is 3. The van der Waals surface area contributed by atoms with Crippen molar-refractivity contribution < 1.29 is 18.6 Å². The Morgan fingerprint density at radius 3 is 2.75 bits per heavy atom. The summed E-state index contributed by atoms with van der Waals surface area (Å²) in [4.78, 5) is 1.02. The van der Waals surface area contributed by atoms with E-state index in [1.807, 2.05) is 13.0 Å². The molecule has 0 saturated carbocycles. The van der Waals surface area contributed by atoms with E-state index in [1.54, 1.807) is 0 Å². The summed E-state index contributed by atoms with van der Waals surface area (Å²) < 4.78 is 29.2. The zero-order valence-electron chi connectivity index (χ0n) is 8.75. The first-order chi connectivity index (χ1) is 7.50. The molecular weight excluding hydrogens is 302 g/mol. The summed E-state index contributed by atoms with van der Waals surface area (Å²) in [5.41, 5.74) is 0.831. The summed E-state index contributed by atoms with van der Waals surface area (Å²) in [6, 6.07) is 1.85. The van der Waals surface area contributed by atoms with Crippen molar-refractivity contribution in [3.05, 3.63) is 20.3 Å². The van der Waals surface area contributed by atoms with E-state index in [2.05, 4.69) is 15.9 Å². The van der Waals surface area contributed by atoms with Crippen molar-refractivity contribution in [3.8, 4) is 0 Å². The first kappa shape index (κ1) is 14.0. The van der Waals surface area contributed by atoms with E-state index >= 15 is 0 Å². The van der Waals surface area contributed by atoms with Crippen LogP contribution in [0.1, 0.15) is 23.0 Å². The van der Waals surface area contributed by atoms with Gasteiger partial charge in [0.25, 0.3) is 6.43 Å². The van der Waals surface area contributed by atoms with E-state index in [0.29, 0.717) is 6.42 Å². The lowest BCUT2D eigenvalue weighted by molar-refractivity contribution is 0.00480. The zero-order chi connectivity index (χ0) is 12.1. The minimum atomic E-state index is -2.45. The zero-order valence-corrected chi connectivity index (χ0v) is 11.2. The van der Waals surface area contributed by atoms with Crippen molar-refractivity contribution >= 4 is 27.3 Å². The number of alkyl halides is 2. The van der Waals surface area contributed by atoms with E-state index in [1.165, 1.54) is 11.3 Å². The Bertz CT molecular complexity index is 331. The Hall–Kier alpha value is -0.0400. The third-order valence-corrected chi connectivity index (χ3v) is 3.63. The quantitative estimate of drug-likeness (QED) is 0.814.